The minimum Gasteiger partial charge on any atom is -0.336 e. The van der Waals surface area contributed by atoms with Gasteiger partial charge in [-0.3, -0.25) is 4.79 Å². The second-order valence-corrected chi connectivity index (χ2v) is 4.42. The molecular weight excluding hydrogens is 164 g/mol. The molecule has 0 aromatic rings. The molecule has 0 radical (unpaired) electrons. The van der Waals surface area contributed by atoms with Gasteiger partial charge in [0.05, 0.1) is 0 Å². The van der Waals surface area contributed by atoms with Crippen molar-refractivity contribution < 1.29 is 4.79 Å². The lowest BCUT2D eigenvalue weighted by Gasteiger charge is -2.41. The van der Waals surface area contributed by atoms with Crippen molar-refractivity contribution in [3.8, 4) is 0 Å². The molecule has 0 saturated carbocycles. The number of nitrogens with two attached hydrogens (primary N) is 1. The number of likely N-dealkylation sites (tertiary alicyclic amines) is 1. The smallest absolute Gasteiger partial charge is 0.241 e. The summed E-state index contributed by atoms with van der Waals surface area (Å²) in [7, 11) is 0. The third-order valence-corrected chi connectivity index (χ3v) is 2.69. The van der Waals surface area contributed by atoms with Crippen molar-refractivity contribution >= 4 is 5.91 Å². The van der Waals surface area contributed by atoms with E-state index in [4.69, 9.17) is 5.73 Å². The SMILES string of the molecule is CC(C)CCC(C)N1CC(N)C1=O. The molecule has 0 aliphatic carbocycles. The second-order valence-electron chi connectivity index (χ2n) is 4.42. The second kappa shape index (κ2) is 4.09. The lowest BCUT2D eigenvalue weighted by atomic mass is 9.99. The molecular formula is C10H20N2O. The van der Waals surface area contributed by atoms with Crippen LogP contribution in [0.25, 0.3) is 0 Å². The van der Waals surface area contributed by atoms with Crippen LogP contribution >= 0.6 is 0 Å². The van der Waals surface area contributed by atoms with Crippen LogP contribution in [0.5, 0.6) is 0 Å². The lowest BCUT2D eigenvalue weighted by molar-refractivity contribution is -0.145. The monoisotopic (exact) mass is 184 g/mol. The fourth-order valence-electron chi connectivity index (χ4n) is 1.61. The molecule has 2 atom stereocenters. The molecule has 1 fully saturated rings. The first-order valence-electron chi connectivity index (χ1n) is 5.08. The zero-order valence-corrected chi connectivity index (χ0v) is 8.79. The van der Waals surface area contributed by atoms with Crippen LogP contribution < -0.4 is 5.73 Å². The molecule has 3 heteroatoms. The molecule has 0 aromatic carbocycles. The Balaban J connectivity index is 2.25. The van der Waals surface area contributed by atoms with Gasteiger partial charge in [-0.05, 0) is 25.7 Å². The first-order chi connectivity index (χ1) is 6.02. The van der Waals surface area contributed by atoms with Gasteiger partial charge in [-0.15, -0.1) is 0 Å². The number of hydrogen-bond donors (Lipinski definition) is 1. The molecule has 1 rings (SSSR count). The van der Waals surface area contributed by atoms with Crippen molar-refractivity contribution in [2.24, 2.45) is 11.7 Å². The Hall–Kier alpha value is -0.570. The van der Waals surface area contributed by atoms with Crippen molar-refractivity contribution in [1.82, 2.24) is 4.90 Å². The van der Waals surface area contributed by atoms with Crippen molar-refractivity contribution in [2.75, 3.05) is 6.54 Å². The Morgan fingerprint density at radius 3 is 2.46 bits per heavy atom. The molecule has 76 valence electrons. The molecule has 13 heavy (non-hydrogen) atoms. The van der Waals surface area contributed by atoms with Crippen LogP contribution in [-0.4, -0.2) is 29.4 Å². The summed E-state index contributed by atoms with van der Waals surface area (Å²) in [5, 5.41) is 0. The Bertz CT molecular complexity index is 191. The maximum absolute atomic E-state index is 11.2. The summed E-state index contributed by atoms with van der Waals surface area (Å²) in [4.78, 5) is 13.1. The maximum Gasteiger partial charge on any atom is 0.241 e. The van der Waals surface area contributed by atoms with E-state index in [2.05, 4.69) is 20.8 Å². The summed E-state index contributed by atoms with van der Waals surface area (Å²) in [5.74, 6) is 0.837. The van der Waals surface area contributed by atoms with Crippen LogP contribution in [0, 0.1) is 5.92 Å². The van der Waals surface area contributed by atoms with E-state index >= 15 is 0 Å². The summed E-state index contributed by atoms with van der Waals surface area (Å²) in [6.45, 7) is 7.26. The zero-order valence-electron chi connectivity index (χ0n) is 8.79. The van der Waals surface area contributed by atoms with Gasteiger partial charge in [0.1, 0.15) is 6.04 Å². The molecule has 0 bridgehead atoms. The normalized spacial score (nSPS) is 24.8. The highest BCUT2D eigenvalue weighted by Gasteiger charge is 2.36. The fraction of sp³-hybridized carbons (Fsp3) is 0.900. The molecule has 2 N–H and O–H groups in total. The van der Waals surface area contributed by atoms with Crippen LogP contribution in [0.4, 0.5) is 0 Å². The predicted octanol–water partition coefficient (Wildman–Crippen LogP) is 0.981. The number of carbonyl (C=O) groups is 1. The standard InChI is InChI=1S/C10H20N2O/c1-7(2)4-5-8(3)12-6-9(11)10(12)13/h7-9H,4-6,11H2,1-3H3. The lowest BCUT2D eigenvalue weighted by Crippen LogP contribution is -2.63. The van der Waals surface area contributed by atoms with Gasteiger partial charge in [-0.1, -0.05) is 13.8 Å². The topological polar surface area (TPSA) is 46.3 Å². The highest BCUT2D eigenvalue weighted by atomic mass is 16.2. The first kappa shape index (κ1) is 10.5. The Morgan fingerprint density at radius 2 is 2.08 bits per heavy atom. The van der Waals surface area contributed by atoms with Crippen molar-refractivity contribution in [2.45, 2.75) is 45.7 Å². The third kappa shape index (κ3) is 2.44. The van der Waals surface area contributed by atoms with E-state index in [0.29, 0.717) is 12.0 Å². The Kier molecular flexibility index (Phi) is 3.31. The predicted molar refractivity (Wildman–Crippen MR) is 53.2 cm³/mol. The van der Waals surface area contributed by atoms with Crippen LogP contribution in [0.1, 0.15) is 33.6 Å². The van der Waals surface area contributed by atoms with Crippen LogP contribution in [-0.2, 0) is 4.79 Å². The van der Waals surface area contributed by atoms with Crippen molar-refractivity contribution in [3.05, 3.63) is 0 Å². The van der Waals surface area contributed by atoms with E-state index in [-0.39, 0.29) is 11.9 Å². The van der Waals surface area contributed by atoms with E-state index in [0.717, 1.165) is 13.0 Å². The van der Waals surface area contributed by atoms with Gasteiger partial charge in [0, 0.05) is 12.6 Å². The van der Waals surface area contributed by atoms with E-state index in [1.54, 1.807) is 0 Å². The minimum atomic E-state index is -0.221. The molecule has 1 amide bonds. The van der Waals surface area contributed by atoms with Crippen LogP contribution in [0.3, 0.4) is 0 Å². The van der Waals surface area contributed by atoms with Crippen molar-refractivity contribution in [1.29, 1.82) is 0 Å². The number of hydrogen-bond acceptors (Lipinski definition) is 2. The molecule has 0 spiro atoms. The van der Waals surface area contributed by atoms with Gasteiger partial charge in [0.2, 0.25) is 5.91 Å². The summed E-state index contributed by atoms with van der Waals surface area (Å²) in [5.41, 5.74) is 5.51. The van der Waals surface area contributed by atoms with Crippen molar-refractivity contribution in [3.63, 3.8) is 0 Å². The molecule has 3 nitrogen and oxygen atoms in total. The molecule has 1 saturated heterocycles. The van der Waals surface area contributed by atoms with Gasteiger partial charge in [-0.2, -0.15) is 0 Å². The summed E-state index contributed by atoms with van der Waals surface area (Å²) in [6.07, 6.45) is 2.27. The highest BCUT2D eigenvalue weighted by molar-refractivity contribution is 5.87. The Morgan fingerprint density at radius 1 is 1.46 bits per heavy atom. The summed E-state index contributed by atoms with van der Waals surface area (Å²) >= 11 is 0. The first-order valence-corrected chi connectivity index (χ1v) is 5.08. The highest BCUT2D eigenvalue weighted by Crippen LogP contribution is 2.17. The number of amides is 1. The number of nitrogens with zero attached hydrogens (tertiary/aromatic N) is 1. The molecule has 1 aliphatic heterocycles. The van der Waals surface area contributed by atoms with Gasteiger partial charge < -0.3 is 10.6 Å². The average Bonchev–Trinajstić information content (AvgIpc) is 2.09. The average molecular weight is 184 g/mol. The van der Waals surface area contributed by atoms with Gasteiger partial charge >= 0.3 is 0 Å². The maximum atomic E-state index is 11.2. The van der Waals surface area contributed by atoms with Gasteiger partial charge in [0.25, 0.3) is 0 Å². The van der Waals surface area contributed by atoms with Crippen LogP contribution in [0.15, 0.2) is 0 Å². The third-order valence-electron chi connectivity index (χ3n) is 2.69. The molecule has 1 aliphatic rings. The van der Waals surface area contributed by atoms with Gasteiger partial charge in [0.15, 0.2) is 0 Å². The fourth-order valence-corrected chi connectivity index (χ4v) is 1.61. The zero-order chi connectivity index (χ0) is 10.0. The largest absolute Gasteiger partial charge is 0.336 e. The van der Waals surface area contributed by atoms with Crippen LogP contribution in [0.2, 0.25) is 0 Å². The Labute approximate surface area is 80.3 Å². The molecule has 1 heterocycles. The number of β-lactam (4-membered cyclic amide) rings is 1. The van der Waals surface area contributed by atoms with E-state index < -0.39 is 0 Å². The summed E-state index contributed by atoms with van der Waals surface area (Å²) < 4.78 is 0. The quantitative estimate of drug-likeness (QED) is 0.662. The summed E-state index contributed by atoms with van der Waals surface area (Å²) in [6, 6.07) is 0.149. The minimum absolute atomic E-state index is 0.122. The molecule has 0 aromatic heterocycles. The van der Waals surface area contributed by atoms with E-state index in [9.17, 15) is 4.79 Å². The van der Waals surface area contributed by atoms with E-state index in [1.165, 1.54) is 6.42 Å². The van der Waals surface area contributed by atoms with Gasteiger partial charge in [-0.25, -0.2) is 0 Å². The van der Waals surface area contributed by atoms with E-state index in [1.807, 2.05) is 4.90 Å². The number of rotatable bonds is 4. The number of carbonyl (C=O) groups excluding carboxylic acids is 1. The molecule has 2 unspecified atom stereocenters.